The number of nitrogens with one attached hydrogen (secondary N) is 2. The number of hydrogen-bond acceptors (Lipinski definition) is 5. The Hall–Kier alpha value is -2.35. The minimum absolute atomic E-state index is 0.117. The number of carbonyl (C=O) groups excluding carboxylic acids is 3. The first-order valence-corrected chi connectivity index (χ1v) is 13.5. The van der Waals surface area contributed by atoms with Gasteiger partial charge >= 0.3 is 5.97 Å². The van der Waals surface area contributed by atoms with Crippen molar-refractivity contribution in [2.75, 3.05) is 11.9 Å². The predicted octanol–water partition coefficient (Wildman–Crippen LogP) is 6.45. The highest BCUT2D eigenvalue weighted by molar-refractivity contribution is 9.12. The molecule has 0 radical (unpaired) electrons. The summed E-state index contributed by atoms with van der Waals surface area (Å²) in [5.41, 5.74) is 1.94. The van der Waals surface area contributed by atoms with Gasteiger partial charge in [0, 0.05) is 17.8 Å². The van der Waals surface area contributed by atoms with Gasteiger partial charge in [-0.15, -0.1) is 0 Å². The van der Waals surface area contributed by atoms with Crippen molar-refractivity contribution < 1.29 is 19.1 Å². The number of amides is 1. The van der Waals surface area contributed by atoms with Gasteiger partial charge < -0.3 is 15.4 Å². The molecule has 2 aliphatic rings. The maximum Gasteiger partial charge on any atom is 0.328 e. The second kappa shape index (κ2) is 11.4. The predicted molar refractivity (Wildman–Crippen MR) is 145 cm³/mol. The standard InChI is InChI=1S/C27H27BrCl2N2O4/c1-2-36-26(35)20(32-23-22(28)24(33)27(23)13-4-3-5-14-27)15-16-9-11-17(12-10-16)31-25(34)21-18(29)7-6-8-19(21)30/h6-12,20,32H,2-5,13-15H2,1H3,(H,31,34)/t20-/m0/s1. The highest BCUT2D eigenvalue weighted by Gasteiger charge is 2.53. The van der Waals surface area contributed by atoms with E-state index in [1.165, 1.54) is 0 Å². The average molecular weight is 594 g/mol. The molecule has 9 heteroatoms. The number of rotatable bonds is 8. The number of allylic oxidation sites excluding steroid dienone is 2. The lowest BCUT2D eigenvalue weighted by Crippen LogP contribution is -2.53. The molecule has 1 saturated carbocycles. The van der Waals surface area contributed by atoms with Crippen molar-refractivity contribution in [2.45, 2.75) is 51.5 Å². The molecule has 0 bridgehead atoms. The van der Waals surface area contributed by atoms with Crippen LogP contribution in [0.1, 0.15) is 54.9 Å². The van der Waals surface area contributed by atoms with Gasteiger partial charge in [-0.3, -0.25) is 9.59 Å². The van der Waals surface area contributed by atoms with Crippen molar-refractivity contribution >= 4 is 62.5 Å². The van der Waals surface area contributed by atoms with Gasteiger partial charge in [-0.1, -0.05) is 60.7 Å². The number of carbonyl (C=O) groups is 3. The lowest BCUT2D eigenvalue weighted by atomic mass is 9.62. The molecule has 1 fully saturated rings. The van der Waals surface area contributed by atoms with E-state index in [4.69, 9.17) is 27.9 Å². The summed E-state index contributed by atoms with van der Waals surface area (Å²) in [7, 11) is 0. The number of hydrogen-bond donors (Lipinski definition) is 2. The number of ether oxygens (including phenoxy) is 1. The highest BCUT2D eigenvalue weighted by atomic mass is 79.9. The molecule has 6 nitrogen and oxygen atoms in total. The maximum atomic E-state index is 12.8. The fourth-order valence-corrected chi connectivity index (χ4v) is 6.34. The molecule has 1 spiro atoms. The smallest absolute Gasteiger partial charge is 0.328 e. The zero-order valence-electron chi connectivity index (χ0n) is 19.8. The zero-order chi connectivity index (χ0) is 25.9. The Labute approximate surface area is 228 Å². The maximum absolute atomic E-state index is 12.8. The molecular formula is C27H27BrCl2N2O4. The van der Waals surface area contributed by atoms with Gasteiger partial charge in [-0.05, 0) is 65.5 Å². The van der Waals surface area contributed by atoms with Crippen LogP contribution in [0.2, 0.25) is 10.0 Å². The summed E-state index contributed by atoms with van der Waals surface area (Å²) in [6.07, 6.45) is 5.05. The fraction of sp³-hybridized carbons (Fsp3) is 0.370. The lowest BCUT2D eigenvalue weighted by Gasteiger charge is -2.46. The van der Waals surface area contributed by atoms with Crippen LogP contribution >= 0.6 is 39.1 Å². The molecule has 0 saturated heterocycles. The van der Waals surface area contributed by atoms with Crippen LogP contribution in [0, 0.1) is 5.41 Å². The summed E-state index contributed by atoms with van der Waals surface area (Å²) >= 11 is 15.7. The molecule has 1 amide bonds. The first-order chi connectivity index (χ1) is 17.3. The van der Waals surface area contributed by atoms with E-state index in [9.17, 15) is 14.4 Å². The van der Waals surface area contributed by atoms with E-state index < -0.39 is 17.4 Å². The van der Waals surface area contributed by atoms with Gasteiger partial charge in [0.25, 0.3) is 5.91 Å². The van der Waals surface area contributed by atoms with Gasteiger partial charge in [-0.25, -0.2) is 4.79 Å². The lowest BCUT2D eigenvalue weighted by molar-refractivity contribution is -0.146. The van der Waals surface area contributed by atoms with Crippen LogP contribution in [-0.2, 0) is 20.7 Å². The van der Waals surface area contributed by atoms with E-state index in [0.717, 1.165) is 43.4 Å². The summed E-state index contributed by atoms with van der Waals surface area (Å²) in [6.45, 7) is 2.03. The van der Waals surface area contributed by atoms with Gasteiger partial charge in [-0.2, -0.15) is 0 Å². The number of anilines is 1. The number of Topliss-reactive ketones (excluding diaryl/α,β-unsaturated/α-hetero) is 1. The largest absolute Gasteiger partial charge is 0.464 e. The molecule has 36 heavy (non-hydrogen) atoms. The molecule has 0 aromatic heterocycles. The number of esters is 1. The van der Waals surface area contributed by atoms with E-state index in [1.54, 1.807) is 37.3 Å². The van der Waals surface area contributed by atoms with Gasteiger partial charge in [0.05, 0.1) is 32.1 Å². The molecule has 2 aromatic carbocycles. The Kier molecular flexibility index (Phi) is 8.43. The summed E-state index contributed by atoms with van der Waals surface area (Å²) < 4.78 is 5.85. The Morgan fingerprint density at radius 2 is 1.69 bits per heavy atom. The van der Waals surface area contributed by atoms with Crippen LogP contribution in [0.5, 0.6) is 0 Å². The highest BCUT2D eigenvalue weighted by Crippen LogP contribution is 2.53. The van der Waals surface area contributed by atoms with Crippen molar-refractivity contribution in [3.8, 4) is 0 Å². The Morgan fingerprint density at radius 1 is 1.06 bits per heavy atom. The Balaban J connectivity index is 1.48. The van der Waals surface area contributed by atoms with Crippen LogP contribution in [0.3, 0.4) is 0 Å². The molecule has 0 aliphatic heterocycles. The monoisotopic (exact) mass is 592 g/mol. The summed E-state index contributed by atoms with van der Waals surface area (Å²) in [6, 6.07) is 11.4. The Morgan fingerprint density at radius 3 is 2.31 bits per heavy atom. The molecule has 2 aromatic rings. The van der Waals surface area contributed by atoms with E-state index in [1.807, 2.05) is 12.1 Å². The minimum atomic E-state index is -0.651. The fourth-order valence-electron chi connectivity index (χ4n) is 4.90. The van der Waals surface area contributed by atoms with Crippen molar-refractivity contribution in [2.24, 2.45) is 5.41 Å². The van der Waals surface area contributed by atoms with Gasteiger partial charge in [0.15, 0.2) is 5.78 Å². The topological polar surface area (TPSA) is 84.5 Å². The van der Waals surface area contributed by atoms with Gasteiger partial charge in [0.2, 0.25) is 0 Å². The van der Waals surface area contributed by atoms with E-state index in [0.29, 0.717) is 16.6 Å². The number of benzene rings is 2. The van der Waals surface area contributed by atoms with Crippen LogP contribution in [0.4, 0.5) is 5.69 Å². The molecular weight excluding hydrogens is 567 g/mol. The molecule has 2 N–H and O–H groups in total. The summed E-state index contributed by atoms with van der Waals surface area (Å²) in [5.74, 6) is -0.666. The third-order valence-corrected chi connectivity index (χ3v) is 8.16. The van der Waals surface area contributed by atoms with Crippen LogP contribution in [-0.4, -0.2) is 30.3 Å². The molecule has 2 aliphatic carbocycles. The first-order valence-electron chi connectivity index (χ1n) is 12.0. The van der Waals surface area contributed by atoms with E-state index in [-0.39, 0.29) is 34.0 Å². The van der Waals surface area contributed by atoms with Crippen molar-refractivity contribution in [1.82, 2.24) is 5.32 Å². The van der Waals surface area contributed by atoms with Crippen molar-refractivity contribution in [1.29, 1.82) is 0 Å². The number of ketones is 1. The quantitative estimate of drug-likeness (QED) is 0.344. The van der Waals surface area contributed by atoms with Gasteiger partial charge in [0.1, 0.15) is 6.04 Å². The Bertz CT molecular complexity index is 1190. The molecule has 1 atom stereocenters. The van der Waals surface area contributed by atoms with Crippen LogP contribution < -0.4 is 10.6 Å². The third kappa shape index (κ3) is 5.34. The third-order valence-electron chi connectivity index (χ3n) is 6.77. The van der Waals surface area contributed by atoms with E-state index in [2.05, 4.69) is 26.6 Å². The average Bonchev–Trinajstić information content (AvgIpc) is 2.87. The first kappa shape index (κ1) is 26.7. The van der Waals surface area contributed by atoms with Crippen LogP contribution in [0.25, 0.3) is 0 Å². The SMILES string of the molecule is CCOC(=O)[C@H](Cc1ccc(NC(=O)c2c(Cl)cccc2Cl)cc1)NC1=C(Br)C(=O)C12CCCCC2. The summed E-state index contributed by atoms with van der Waals surface area (Å²) in [5, 5.41) is 6.68. The second-order valence-corrected chi connectivity index (χ2v) is 10.7. The molecule has 0 heterocycles. The molecule has 190 valence electrons. The minimum Gasteiger partial charge on any atom is -0.464 e. The molecule has 4 rings (SSSR count). The van der Waals surface area contributed by atoms with Crippen LogP contribution in [0.15, 0.2) is 52.6 Å². The molecule has 0 unspecified atom stereocenters. The van der Waals surface area contributed by atoms with Crippen molar-refractivity contribution in [3.63, 3.8) is 0 Å². The number of halogens is 3. The second-order valence-electron chi connectivity index (χ2n) is 9.06. The van der Waals surface area contributed by atoms with Crippen molar-refractivity contribution in [3.05, 3.63) is 73.8 Å². The van der Waals surface area contributed by atoms with E-state index >= 15 is 0 Å². The zero-order valence-corrected chi connectivity index (χ0v) is 22.9. The normalized spacial score (nSPS) is 17.4. The summed E-state index contributed by atoms with van der Waals surface area (Å²) in [4.78, 5) is 38.2.